The summed E-state index contributed by atoms with van der Waals surface area (Å²) in [7, 11) is -4.36. The van der Waals surface area contributed by atoms with Crippen molar-refractivity contribution < 1.29 is 26.0 Å². The van der Waals surface area contributed by atoms with E-state index >= 15 is 0 Å². The number of hydrogen-bond donors (Lipinski definition) is 0. The van der Waals surface area contributed by atoms with Crippen molar-refractivity contribution in [1.82, 2.24) is 4.31 Å². The molecule has 0 heterocycles. The quantitative estimate of drug-likeness (QED) is 0.583. The van der Waals surface area contributed by atoms with Crippen molar-refractivity contribution in [3.8, 4) is 0 Å². The Kier molecular flexibility index (Phi) is 6.01. The molecule has 0 spiro atoms. The Hall–Kier alpha value is -0.860. The average molecular weight is 348 g/mol. The maximum absolute atomic E-state index is 13.3. The van der Waals surface area contributed by atoms with Crippen molar-refractivity contribution in [2.75, 3.05) is 13.1 Å². The number of alkyl halides is 4. The first-order chi connectivity index (χ1) is 9.61. The maximum Gasteiger partial charge on any atom is 0.402 e. The average Bonchev–Trinajstić information content (AvgIpc) is 2.37. The van der Waals surface area contributed by atoms with Crippen LogP contribution in [0.2, 0.25) is 0 Å². The van der Waals surface area contributed by atoms with Crippen LogP contribution in [-0.4, -0.2) is 32.0 Å². The lowest BCUT2D eigenvalue weighted by atomic mass is 10.2. The number of benzene rings is 1. The Morgan fingerprint density at radius 3 is 2.38 bits per heavy atom. The van der Waals surface area contributed by atoms with Crippen LogP contribution in [0.1, 0.15) is 18.9 Å². The molecule has 0 saturated heterocycles. The van der Waals surface area contributed by atoms with Gasteiger partial charge in [-0.05, 0) is 24.6 Å². The van der Waals surface area contributed by atoms with Gasteiger partial charge < -0.3 is 0 Å². The Morgan fingerprint density at radius 2 is 1.90 bits per heavy atom. The SMILES string of the molecule is CCCN(CC(F)(F)F)S(=O)(=O)c1ccc(F)c(CCl)c1. The van der Waals surface area contributed by atoms with Gasteiger partial charge in [-0.25, -0.2) is 12.8 Å². The monoisotopic (exact) mass is 347 g/mol. The van der Waals surface area contributed by atoms with E-state index in [0.29, 0.717) is 4.31 Å². The Balaban J connectivity index is 3.22. The van der Waals surface area contributed by atoms with Crippen LogP contribution in [0.5, 0.6) is 0 Å². The number of halogens is 5. The zero-order chi connectivity index (χ0) is 16.3. The summed E-state index contributed by atoms with van der Waals surface area (Å²) in [6.45, 7) is -0.306. The first kappa shape index (κ1) is 18.2. The second-order valence-electron chi connectivity index (χ2n) is 4.34. The molecule has 0 aliphatic rings. The summed E-state index contributed by atoms with van der Waals surface area (Å²) in [5, 5.41) is 0. The third kappa shape index (κ3) is 4.82. The summed E-state index contributed by atoms with van der Waals surface area (Å²) in [6, 6.07) is 2.76. The van der Waals surface area contributed by atoms with E-state index < -0.39 is 33.5 Å². The highest BCUT2D eigenvalue weighted by Crippen LogP contribution is 2.24. The van der Waals surface area contributed by atoms with E-state index in [2.05, 4.69) is 0 Å². The van der Waals surface area contributed by atoms with Gasteiger partial charge in [0.05, 0.1) is 10.8 Å². The van der Waals surface area contributed by atoms with E-state index in [1.165, 1.54) is 0 Å². The van der Waals surface area contributed by atoms with Gasteiger partial charge in [-0.2, -0.15) is 17.5 Å². The minimum absolute atomic E-state index is 0.0822. The molecule has 0 unspecified atom stereocenters. The van der Waals surface area contributed by atoms with E-state index in [1.807, 2.05) is 0 Å². The fraction of sp³-hybridized carbons (Fsp3) is 0.500. The molecule has 0 aliphatic heterocycles. The molecule has 1 aromatic rings. The normalized spacial score (nSPS) is 12.9. The van der Waals surface area contributed by atoms with Crippen molar-refractivity contribution in [3.05, 3.63) is 29.6 Å². The van der Waals surface area contributed by atoms with Crippen molar-refractivity contribution in [2.24, 2.45) is 0 Å². The molecule has 1 aromatic carbocycles. The molecule has 0 amide bonds. The Labute approximate surface area is 125 Å². The fourth-order valence-electron chi connectivity index (χ4n) is 1.70. The molecule has 0 aliphatic carbocycles. The molecular formula is C12H14ClF4NO2S. The maximum atomic E-state index is 13.3. The summed E-state index contributed by atoms with van der Waals surface area (Å²) in [4.78, 5) is -0.405. The highest BCUT2D eigenvalue weighted by Gasteiger charge is 2.36. The van der Waals surface area contributed by atoms with Gasteiger partial charge in [0.25, 0.3) is 0 Å². The second kappa shape index (κ2) is 6.93. The van der Waals surface area contributed by atoms with Crippen molar-refractivity contribution in [3.63, 3.8) is 0 Å². The summed E-state index contributed by atoms with van der Waals surface area (Å²) in [5.74, 6) is -0.982. The minimum atomic E-state index is -4.66. The third-order valence-corrected chi connectivity index (χ3v) is 4.76. The number of sulfonamides is 1. The Morgan fingerprint density at radius 1 is 1.29 bits per heavy atom. The van der Waals surface area contributed by atoms with Gasteiger partial charge in [0.15, 0.2) is 0 Å². The van der Waals surface area contributed by atoms with Gasteiger partial charge in [-0.15, -0.1) is 11.6 Å². The lowest BCUT2D eigenvalue weighted by Gasteiger charge is -2.23. The van der Waals surface area contributed by atoms with Gasteiger partial charge in [0.2, 0.25) is 10.0 Å². The molecule has 0 N–H and O–H groups in total. The standard InChI is InChI=1S/C12H14ClF4NO2S/c1-2-5-18(8-12(15,16)17)21(19,20)10-3-4-11(14)9(6-10)7-13/h3-4,6H,2,5,7-8H2,1H3. The van der Waals surface area contributed by atoms with Crippen LogP contribution in [0.25, 0.3) is 0 Å². The number of hydrogen-bond acceptors (Lipinski definition) is 2. The van der Waals surface area contributed by atoms with Crippen LogP contribution in [-0.2, 0) is 15.9 Å². The first-order valence-electron chi connectivity index (χ1n) is 6.03. The molecule has 9 heteroatoms. The highest BCUT2D eigenvalue weighted by atomic mass is 35.5. The summed E-state index contributed by atoms with van der Waals surface area (Å²) < 4.78 is 75.6. The van der Waals surface area contributed by atoms with Gasteiger partial charge in [0.1, 0.15) is 12.4 Å². The molecule has 0 bridgehead atoms. The smallest absolute Gasteiger partial charge is 0.207 e. The van der Waals surface area contributed by atoms with Crippen LogP contribution >= 0.6 is 11.6 Å². The van der Waals surface area contributed by atoms with E-state index in [-0.39, 0.29) is 24.4 Å². The topological polar surface area (TPSA) is 37.4 Å². The van der Waals surface area contributed by atoms with Crippen LogP contribution in [0.3, 0.4) is 0 Å². The second-order valence-corrected chi connectivity index (χ2v) is 6.55. The largest absolute Gasteiger partial charge is 0.402 e. The number of nitrogens with zero attached hydrogens (tertiary/aromatic N) is 1. The van der Waals surface area contributed by atoms with E-state index in [0.717, 1.165) is 18.2 Å². The number of rotatable bonds is 6. The lowest BCUT2D eigenvalue weighted by molar-refractivity contribution is -0.136. The molecule has 0 atom stereocenters. The lowest BCUT2D eigenvalue weighted by Crippen LogP contribution is -2.39. The van der Waals surface area contributed by atoms with Crippen molar-refractivity contribution >= 4 is 21.6 Å². The van der Waals surface area contributed by atoms with Crippen LogP contribution < -0.4 is 0 Å². The molecule has 0 saturated carbocycles. The molecule has 1 rings (SSSR count). The fourth-order valence-corrected chi connectivity index (χ4v) is 3.47. The highest BCUT2D eigenvalue weighted by molar-refractivity contribution is 7.89. The predicted molar refractivity (Wildman–Crippen MR) is 71.1 cm³/mol. The van der Waals surface area contributed by atoms with Gasteiger partial charge in [-0.1, -0.05) is 6.92 Å². The van der Waals surface area contributed by atoms with E-state index in [9.17, 15) is 26.0 Å². The third-order valence-electron chi connectivity index (χ3n) is 2.63. The molecule has 0 aromatic heterocycles. The van der Waals surface area contributed by atoms with Crippen LogP contribution in [0.15, 0.2) is 23.1 Å². The van der Waals surface area contributed by atoms with Gasteiger partial charge >= 0.3 is 6.18 Å². The summed E-state index contributed by atoms with van der Waals surface area (Å²) >= 11 is 5.47. The van der Waals surface area contributed by atoms with Gasteiger partial charge in [0, 0.05) is 12.1 Å². The summed E-state index contributed by atoms with van der Waals surface area (Å²) in [5.41, 5.74) is -0.0822. The van der Waals surface area contributed by atoms with E-state index in [1.54, 1.807) is 6.92 Å². The van der Waals surface area contributed by atoms with Crippen LogP contribution in [0, 0.1) is 5.82 Å². The molecule has 21 heavy (non-hydrogen) atoms. The molecule has 120 valence electrons. The zero-order valence-corrected chi connectivity index (χ0v) is 12.7. The molecule has 3 nitrogen and oxygen atoms in total. The minimum Gasteiger partial charge on any atom is -0.207 e. The first-order valence-corrected chi connectivity index (χ1v) is 8.00. The zero-order valence-electron chi connectivity index (χ0n) is 11.1. The van der Waals surface area contributed by atoms with Crippen molar-refractivity contribution in [1.29, 1.82) is 0 Å². The molecule has 0 fully saturated rings. The summed E-state index contributed by atoms with van der Waals surface area (Å²) in [6.07, 6.45) is -4.43. The van der Waals surface area contributed by atoms with E-state index in [4.69, 9.17) is 11.6 Å². The predicted octanol–water partition coefficient (Wildman–Crippen LogP) is 3.53. The van der Waals surface area contributed by atoms with Gasteiger partial charge in [-0.3, -0.25) is 0 Å². The molecule has 0 radical (unpaired) electrons. The Bertz CT molecular complexity index is 589. The van der Waals surface area contributed by atoms with Crippen molar-refractivity contribution in [2.45, 2.75) is 30.3 Å². The van der Waals surface area contributed by atoms with Crippen LogP contribution in [0.4, 0.5) is 17.6 Å². The molecular weight excluding hydrogens is 334 g/mol.